The van der Waals surface area contributed by atoms with Gasteiger partial charge in [-0.3, -0.25) is 0 Å². The zero-order chi connectivity index (χ0) is 7.98. The van der Waals surface area contributed by atoms with Gasteiger partial charge in [0, 0.05) is 19.8 Å². The van der Waals surface area contributed by atoms with Gasteiger partial charge in [-0.25, -0.2) is 0 Å². The van der Waals surface area contributed by atoms with Crippen LogP contribution < -0.4 is 0 Å². The molecule has 2 heteroatoms. The minimum atomic E-state index is 1.02. The first kappa shape index (κ1) is 9.63. The van der Waals surface area contributed by atoms with Crippen LogP contribution in [-0.4, -0.2) is 31.0 Å². The first-order chi connectivity index (χ1) is 4.66. The minimum absolute atomic E-state index is 1.02. The Balaban J connectivity index is 3.56. The molecule has 0 aliphatic rings. The first-order valence-electron chi connectivity index (χ1n) is 3.18. The van der Waals surface area contributed by atoms with Gasteiger partial charge in [0.15, 0.2) is 0 Å². The summed E-state index contributed by atoms with van der Waals surface area (Å²) in [7, 11) is 4.01. The molecule has 0 atom stereocenters. The predicted molar refractivity (Wildman–Crippen MR) is 50.3 cm³/mol. The molecule has 0 saturated heterocycles. The Morgan fingerprint density at radius 3 is 2.60 bits per heavy atom. The fraction of sp³-hybridized carbons (Fsp3) is 0.500. The summed E-state index contributed by atoms with van der Waals surface area (Å²) in [5, 5.41) is 0. The zero-order valence-electron chi connectivity index (χ0n) is 6.92. The molecule has 58 valence electrons. The van der Waals surface area contributed by atoms with Crippen LogP contribution in [0.25, 0.3) is 0 Å². The summed E-state index contributed by atoms with van der Waals surface area (Å²) in [5.74, 6) is 1.02. The molecule has 0 rings (SSSR count). The molecule has 0 aromatic heterocycles. The molecule has 0 heterocycles. The Hall–Kier alpha value is -0.370. The summed E-state index contributed by atoms with van der Waals surface area (Å²) in [4.78, 5) is 2.01. The van der Waals surface area contributed by atoms with Gasteiger partial charge in [-0.1, -0.05) is 6.58 Å². The summed E-state index contributed by atoms with van der Waals surface area (Å²) >= 11 is 1.79. The normalized spacial score (nSPS) is 10.3. The van der Waals surface area contributed by atoms with Crippen LogP contribution in [0, 0.1) is 0 Å². The number of thioether (sulfide) groups is 1. The van der Waals surface area contributed by atoms with Crippen LogP contribution >= 0.6 is 11.8 Å². The van der Waals surface area contributed by atoms with Gasteiger partial charge in [-0.2, -0.15) is 11.8 Å². The molecule has 0 saturated carbocycles. The smallest absolute Gasteiger partial charge is 0.0176 e. The second kappa shape index (κ2) is 5.42. The van der Waals surface area contributed by atoms with Crippen LogP contribution in [-0.2, 0) is 0 Å². The minimum Gasteiger partial charge on any atom is -0.383 e. The Morgan fingerprint density at radius 1 is 1.60 bits per heavy atom. The van der Waals surface area contributed by atoms with E-state index in [4.69, 9.17) is 0 Å². The van der Waals surface area contributed by atoms with E-state index in [-0.39, 0.29) is 0 Å². The lowest BCUT2D eigenvalue weighted by molar-refractivity contribution is 0.563. The van der Waals surface area contributed by atoms with Crippen molar-refractivity contribution in [2.45, 2.75) is 0 Å². The number of hydrogen-bond acceptors (Lipinski definition) is 2. The van der Waals surface area contributed by atoms with Crippen molar-refractivity contribution in [2.24, 2.45) is 0 Å². The van der Waals surface area contributed by atoms with Crippen LogP contribution in [0.3, 0.4) is 0 Å². The van der Waals surface area contributed by atoms with Gasteiger partial charge in [0.25, 0.3) is 0 Å². The summed E-state index contributed by atoms with van der Waals surface area (Å²) in [6.45, 7) is 3.88. The Kier molecular flexibility index (Phi) is 5.22. The van der Waals surface area contributed by atoms with Crippen LogP contribution in [0.2, 0.25) is 0 Å². The van der Waals surface area contributed by atoms with Crippen molar-refractivity contribution < 1.29 is 0 Å². The summed E-state index contributed by atoms with van der Waals surface area (Å²) < 4.78 is 0. The van der Waals surface area contributed by atoms with Crippen LogP contribution in [0.4, 0.5) is 0 Å². The molecule has 0 aromatic carbocycles. The van der Waals surface area contributed by atoms with Gasteiger partial charge < -0.3 is 4.90 Å². The van der Waals surface area contributed by atoms with Gasteiger partial charge in [-0.15, -0.1) is 0 Å². The quantitative estimate of drug-likeness (QED) is 0.574. The number of nitrogens with zero attached hydrogens (tertiary/aromatic N) is 1. The van der Waals surface area contributed by atoms with E-state index >= 15 is 0 Å². The third kappa shape index (κ3) is 5.76. The van der Waals surface area contributed by atoms with Gasteiger partial charge in [0.05, 0.1) is 0 Å². The molecule has 0 unspecified atom stereocenters. The van der Waals surface area contributed by atoms with E-state index in [1.165, 1.54) is 5.57 Å². The van der Waals surface area contributed by atoms with Crippen molar-refractivity contribution in [3.63, 3.8) is 0 Å². The standard InChI is InChI=1S/C8H15NS/c1-8(7-10-4)5-6-9(2)3/h5-6H,1,7H2,2-4H3/b6-5-. The fourth-order valence-corrected chi connectivity index (χ4v) is 0.955. The van der Waals surface area contributed by atoms with E-state index in [9.17, 15) is 0 Å². The highest BCUT2D eigenvalue weighted by atomic mass is 32.2. The Morgan fingerprint density at radius 2 is 2.20 bits per heavy atom. The van der Waals surface area contributed by atoms with E-state index < -0.39 is 0 Å². The largest absolute Gasteiger partial charge is 0.383 e. The van der Waals surface area contributed by atoms with E-state index in [0.717, 1.165) is 5.75 Å². The molecule has 0 fully saturated rings. The predicted octanol–water partition coefficient (Wildman–Crippen LogP) is 1.98. The van der Waals surface area contributed by atoms with Crippen molar-refractivity contribution in [3.05, 3.63) is 24.4 Å². The Labute approximate surface area is 67.8 Å². The lowest BCUT2D eigenvalue weighted by Gasteiger charge is -2.03. The van der Waals surface area contributed by atoms with Crippen molar-refractivity contribution in [1.82, 2.24) is 4.90 Å². The second-order valence-electron chi connectivity index (χ2n) is 2.37. The average molecular weight is 157 g/mol. The molecule has 0 N–H and O–H groups in total. The van der Waals surface area contributed by atoms with Crippen molar-refractivity contribution in [2.75, 3.05) is 26.1 Å². The summed E-state index contributed by atoms with van der Waals surface area (Å²) in [6.07, 6.45) is 6.13. The molecular formula is C8H15NS. The Bertz CT molecular complexity index is 127. The van der Waals surface area contributed by atoms with Crippen LogP contribution in [0.5, 0.6) is 0 Å². The fourth-order valence-electron chi connectivity index (χ4n) is 0.488. The third-order valence-corrected chi connectivity index (χ3v) is 1.60. The maximum atomic E-state index is 3.88. The molecule has 0 spiro atoms. The molecule has 0 aromatic rings. The van der Waals surface area contributed by atoms with Crippen LogP contribution in [0.15, 0.2) is 24.4 Å². The molecule has 0 amide bonds. The lowest BCUT2D eigenvalue weighted by Crippen LogP contribution is -2.00. The SMILES string of the molecule is C=C(/C=C\N(C)C)CSC. The molecule has 0 radical (unpaired) electrons. The van der Waals surface area contributed by atoms with Crippen molar-refractivity contribution in [1.29, 1.82) is 0 Å². The number of allylic oxidation sites excluding steroid dienone is 1. The summed E-state index contributed by atoms with van der Waals surface area (Å²) in [5.41, 5.74) is 1.17. The molecule has 10 heavy (non-hydrogen) atoms. The van der Waals surface area contributed by atoms with E-state index in [2.05, 4.69) is 12.8 Å². The molecular weight excluding hydrogens is 142 g/mol. The van der Waals surface area contributed by atoms with Gasteiger partial charge in [0.1, 0.15) is 0 Å². The highest BCUT2D eigenvalue weighted by Gasteiger charge is 1.84. The van der Waals surface area contributed by atoms with Crippen molar-refractivity contribution >= 4 is 11.8 Å². The molecule has 0 bridgehead atoms. The molecule has 0 aliphatic heterocycles. The van der Waals surface area contributed by atoms with E-state index in [0.29, 0.717) is 0 Å². The molecule has 0 aliphatic carbocycles. The maximum Gasteiger partial charge on any atom is 0.0176 e. The number of hydrogen-bond donors (Lipinski definition) is 0. The second-order valence-corrected chi connectivity index (χ2v) is 3.24. The maximum absolute atomic E-state index is 3.88. The van der Waals surface area contributed by atoms with E-state index in [1.54, 1.807) is 11.8 Å². The number of rotatable bonds is 4. The topological polar surface area (TPSA) is 3.24 Å². The van der Waals surface area contributed by atoms with Crippen molar-refractivity contribution in [3.8, 4) is 0 Å². The van der Waals surface area contributed by atoms with Crippen LogP contribution in [0.1, 0.15) is 0 Å². The zero-order valence-corrected chi connectivity index (χ0v) is 7.74. The van der Waals surface area contributed by atoms with Gasteiger partial charge in [0.2, 0.25) is 0 Å². The lowest BCUT2D eigenvalue weighted by atomic mass is 10.3. The molecule has 1 nitrogen and oxygen atoms in total. The highest BCUT2D eigenvalue weighted by molar-refractivity contribution is 7.98. The third-order valence-electron chi connectivity index (χ3n) is 0.938. The first-order valence-corrected chi connectivity index (χ1v) is 4.57. The highest BCUT2D eigenvalue weighted by Crippen LogP contribution is 2.02. The summed E-state index contributed by atoms with van der Waals surface area (Å²) in [6, 6.07) is 0. The van der Waals surface area contributed by atoms with Gasteiger partial charge >= 0.3 is 0 Å². The monoisotopic (exact) mass is 157 g/mol. The average Bonchev–Trinajstić information content (AvgIpc) is 1.85. The van der Waals surface area contributed by atoms with E-state index in [1.807, 2.05) is 31.3 Å². The van der Waals surface area contributed by atoms with Gasteiger partial charge in [-0.05, 0) is 24.1 Å².